The summed E-state index contributed by atoms with van der Waals surface area (Å²) in [6.45, 7) is 3.94. The third-order valence-electron chi connectivity index (χ3n) is 4.89. The van der Waals surface area contributed by atoms with Gasteiger partial charge in [-0.15, -0.1) is 0 Å². The lowest BCUT2D eigenvalue weighted by atomic mass is 10.2. The quantitative estimate of drug-likeness (QED) is 0.482. The van der Waals surface area contributed by atoms with E-state index in [0.717, 1.165) is 21.2 Å². The van der Waals surface area contributed by atoms with Crippen molar-refractivity contribution in [2.45, 2.75) is 26.8 Å². The van der Waals surface area contributed by atoms with Gasteiger partial charge < -0.3 is 5.32 Å². The number of rotatable bonds is 5. The van der Waals surface area contributed by atoms with Crippen molar-refractivity contribution in [3.05, 3.63) is 80.8 Å². The van der Waals surface area contributed by atoms with Crippen LogP contribution in [0.1, 0.15) is 17.8 Å². The van der Waals surface area contributed by atoms with Crippen LogP contribution < -0.4 is 10.9 Å². The van der Waals surface area contributed by atoms with Crippen LogP contribution in [-0.2, 0) is 11.3 Å². The smallest absolute Gasteiger partial charge is 0.295 e. The Kier molecular flexibility index (Phi) is 5.50. The van der Waals surface area contributed by atoms with Crippen molar-refractivity contribution in [2.75, 3.05) is 5.32 Å². The van der Waals surface area contributed by atoms with Crippen molar-refractivity contribution in [2.24, 2.45) is 0 Å². The third kappa shape index (κ3) is 3.78. The molecule has 30 heavy (non-hydrogen) atoms. The average molecular weight is 466 g/mol. The molecule has 0 atom stereocenters. The molecule has 7 nitrogen and oxygen atoms in total. The summed E-state index contributed by atoms with van der Waals surface area (Å²) in [6, 6.07) is 17.0. The molecular formula is C22H20BrN5O2. The van der Waals surface area contributed by atoms with E-state index in [0.29, 0.717) is 16.9 Å². The summed E-state index contributed by atoms with van der Waals surface area (Å²) in [7, 11) is 0. The normalized spacial score (nSPS) is 11.0. The fourth-order valence-corrected chi connectivity index (χ4v) is 3.82. The van der Waals surface area contributed by atoms with Crippen LogP contribution >= 0.6 is 15.9 Å². The maximum Gasteiger partial charge on any atom is 0.295 e. The minimum absolute atomic E-state index is 0.123. The molecule has 0 bridgehead atoms. The summed E-state index contributed by atoms with van der Waals surface area (Å²) in [4.78, 5) is 25.3. The molecule has 1 N–H and O–H groups in total. The minimum Gasteiger partial charge on any atom is -0.325 e. The lowest BCUT2D eigenvalue weighted by molar-refractivity contribution is -0.116. The fraction of sp³-hybridized carbons (Fsp3) is 0.182. The molecule has 1 amide bonds. The predicted molar refractivity (Wildman–Crippen MR) is 120 cm³/mol. The lowest BCUT2D eigenvalue weighted by Crippen LogP contribution is -2.26. The van der Waals surface area contributed by atoms with Crippen molar-refractivity contribution < 1.29 is 4.79 Å². The van der Waals surface area contributed by atoms with Crippen LogP contribution in [0.25, 0.3) is 16.6 Å². The molecule has 0 saturated carbocycles. The molecule has 0 radical (unpaired) electrons. The molecule has 2 heterocycles. The minimum atomic E-state index is -0.304. The Labute approximate surface area is 181 Å². The number of nitrogens with zero attached hydrogens (tertiary/aromatic N) is 4. The number of amides is 1. The van der Waals surface area contributed by atoms with E-state index in [1.165, 1.54) is 4.68 Å². The summed E-state index contributed by atoms with van der Waals surface area (Å²) in [5.41, 5.74) is 3.18. The molecule has 0 aliphatic heterocycles. The van der Waals surface area contributed by atoms with E-state index in [2.05, 4.69) is 31.4 Å². The Bertz CT molecular complexity index is 1290. The maximum absolute atomic E-state index is 13.0. The van der Waals surface area contributed by atoms with E-state index in [-0.39, 0.29) is 24.4 Å². The Morgan fingerprint density at radius 3 is 2.47 bits per heavy atom. The van der Waals surface area contributed by atoms with Gasteiger partial charge in [0.15, 0.2) is 5.52 Å². The topological polar surface area (TPSA) is 81.8 Å². The number of nitrogens with one attached hydrogen (secondary N) is 1. The summed E-state index contributed by atoms with van der Waals surface area (Å²) >= 11 is 3.40. The summed E-state index contributed by atoms with van der Waals surface area (Å²) < 4.78 is 3.87. The number of aryl methyl sites for hydroxylation is 3. The third-order valence-corrected chi connectivity index (χ3v) is 5.58. The number of aromatic nitrogens is 4. The van der Waals surface area contributed by atoms with E-state index >= 15 is 0 Å². The second-order valence-corrected chi connectivity index (χ2v) is 7.80. The largest absolute Gasteiger partial charge is 0.325 e. The number of para-hydroxylation sites is 2. The van der Waals surface area contributed by atoms with Crippen LogP contribution in [0.4, 0.5) is 5.69 Å². The van der Waals surface area contributed by atoms with Gasteiger partial charge in [-0.3, -0.25) is 9.59 Å². The van der Waals surface area contributed by atoms with Gasteiger partial charge in [0.2, 0.25) is 5.91 Å². The number of benzene rings is 2. The number of halogens is 1. The van der Waals surface area contributed by atoms with Crippen molar-refractivity contribution in [3.63, 3.8) is 0 Å². The monoisotopic (exact) mass is 465 g/mol. The second-order valence-electron chi connectivity index (χ2n) is 6.95. The SMILES string of the molecule is Cc1nn(CCC(=O)Nc2ccccc2Br)c(=O)c2nn(-c3ccccc3)c(C)c12. The number of hydrogen-bond acceptors (Lipinski definition) is 4. The number of hydrogen-bond donors (Lipinski definition) is 1. The average Bonchev–Trinajstić information content (AvgIpc) is 3.10. The summed E-state index contributed by atoms with van der Waals surface area (Å²) in [5.74, 6) is -0.195. The van der Waals surface area contributed by atoms with Crippen LogP contribution in [0.5, 0.6) is 0 Å². The zero-order valence-corrected chi connectivity index (χ0v) is 18.2. The molecule has 8 heteroatoms. The van der Waals surface area contributed by atoms with Gasteiger partial charge in [0, 0.05) is 10.9 Å². The standard InChI is InChI=1S/C22H20BrN5O2/c1-14-20-15(2)28(16-8-4-3-5-9-16)26-21(20)22(30)27(25-14)13-12-19(29)24-18-11-7-6-10-17(18)23/h3-11H,12-13H2,1-2H3,(H,24,29). The van der Waals surface area contributed by atoms with Gasteiger partial charge in [0.05, 0.1) is 34.7 Å². The molecule has 0 aliphatic carbocycles. The number of carbonyl (C=O) groups is 1. The Balaban J connectivity index is 1.61. The Morgan fingerprint density at radius 2 is 1.73 bits per heavy atom. The highest BCUT2D eigenvalue weighted by Crippen LogP contribution is 2.22. The summed E-state index contributed by atoms with van der Waals surface area (Å²) in [5, 5.41) is 12.6. The van der Waals surface area contributed by atoms with E-state index in [9.17, 15) is 9.59 Å². The highest BCUT2D eigenvalue weighted by Gasteiger charge is 2.18. The van der Waals surface area contributed by atoms with Crippen LogP contribution in [0.15, 0.2) is 63.9 Å². The van der Waals surface area contributed by atoms with Gasteiger partial charge in [0.1, 0.15) is 0 Å². The second kappa shape index (κ2) is 8.23. The van der Waals surface area contributed by atoms with Crippen LogP contribution in [0, 0.1) is 13.8 Å². The van der Waals surface area contributed by atoms with E-state index in [4.69, 9.17) is 0 Å². The van der Waals surface area contributed by atoms with E-state index in [1.54, 1.807) is 4.68 Å². The van der Waals surface area contributed by atoms with E-state index in [1.807, 2.05) is 68.4 Å². The summed E-state index contributed by atoms with van der Waals surface area (Å²) in [6.07, 6.45) is 0.123. The van der Waals surface area contributed by atoms with Crippen LogP contribution in [0.3, 0.4) is 0 Å². The highest BCUT2D eigenvalue weighted by molar-refractivity contribution is 9.10. The van der Waals surface area contributed by atoms with Crippen molar-refractivity contribution in [3.8, 4) is 5.69 Å². The van der Waals surface area contributed by atoms with E-state index < -0.39 is 0 Å². The number of anilines is 1. The van der Waals surface area contributed by atoms with Gasteiger partial charge in [-0.1, -0.05) is 30.3 Å². The molecule has 2 aromatic heterocycles. The Morgan fingerprint density at radius 1 is 1.03 bits per heavy atom. The zero-order chi connectivity index (χ0) is 21.3. The van der Waals surface area contributed by atoms with Gasteiger partial charge in [-0.25, -0.2) is 9.36 Å². The van der Waals surface area contributed by atoms with Gasteiger partial charge in [-0.2, -0.15) is 10.2 Å². The zero-order valence-electron chi connectivity index (χ0n) is 16.6. The van der Waals surface area contributed by atoms with Gasteiger partial charge in [0.25, 0.3) is 5.56 Å². The number of fused-ring (bicyclic) bond motifs is 1. The predicted octanol–water partition coefficient (Wildman–Crippen LogP) is 3.99. The molecule has 0 saturated heterocycles. The van der Waals surface area contributed by atoms with Gasteiger partial charge >= 0.3 is 0 Å². The molecule has 0 fully saturated rings. The van der Waals surface area contributed by atoms with Crippen LogP contribution in [0.2, 0.25) is 0 Å². The lowest BCUT2D eigenvalue weighted by Gasteiger charge is -2.09. The highest BCUT2D eigenvalue weighted by atomic mass is 79.9. The first-order valence-electron chi connectivity index (χ1n) is 9.52. The van der Waals surface area contributed by atoms with Crippen molar-refractivity contribution >= 4 is 38.4 Å². The molecule has 0 unspecified atom stereocenters. The molecule has 4 aromatic rings. The first-order valence-corrected chi connectivity index (χ1v) is 10.3. The molecular weight excluding hydrogens is 446 g/mol. The van der Waals surface area contributed by atoms with Crippen molar-refractivity contribution in [1.82, 2.24) is 19.6 Å². The molecule has 4 rings (SSSR count). The number of carbonyl (C=O) groups excluding carboxylic acids is 1. The first-order chi connectivity index (χ1) is 14.5. The first kappa shape index (κ1) is 20.0. The Hall–Kier alpha value is -3.26. The fourth-order valence-electron chi connectivity index (χ4n) is 3.44. The molecule has 2 aromatic carbocycles. The van der Waals surface area contributed by atoms with Crippen molar-refractivity contribution in [1.29, 1.82) is 0 Å². The van der Waals surface area contributed by atoms with Gasteiger partial charge in [-0.05, 0) is 54.0 Å². The molecule has 0 aliphatic rings. The van der Waals surface area contributed by atoms with Crippen LogP contribution in [-0.4, -0.2) is 25.5 Å². The maximum atomic E-state index is 13.0. The molecule has 0 spiro atoms. The molecule has 152 valence electrons.